The maximum absolute atomic E-state index is 13.0. The highest BCUT2D eigenvalue weighted by atomic mass is 16.8. The number of allylic oxidation sites excluding steroid dienone is 4. The van der Waals surface area contributed by atoms with Crippen molar-refractivity contribution in [1.29, 1.82) is 0 Å². The van der Waals surface area contributed by atoms with Gasteiger partial charge in [0.2, 0.25) is 5.79 Å². The molecule has 2 atom stereocenters. The number of rotatable bonds is 3. The molecule has 2 unspecified atom stereocenters. The van der Waals surface area contributed by atoms with E-state index in [-0.39, 0.29) is 29.2 Å². The Hall–Kier alpha value is -2.45. The predicted octanol–water partition coefficient (Wildman–Crippen LogP) is 3.31. The van der Waals surface area contributed by atoms with Gasteiger partial charge in [-0.15, -0.1) is 0 Å². The molecule has 10 rings (SSSR count). The Kier molecular flexibility index (Phi) is 5.32. The lowest BCUT2D eigenvalue weighted by molar-refractivity contribution is -0.550. The quantitative estimate of drug-likeness (QED) is 0.234. The molecule has 8 aliphatic carbocycles. The summed E-state index contributed by atoms with van der Waals surface area (Å²) in [7, 11) is 0. The standard InChI is InChI=1S/C31H35O8/c32-26-24(27(33)37-30(36-26)20-8-16-6-17(10-20)11-21(30)9-16)4-2-1-3-5-25-28(34)38-31(39-29(25)35)22-12-18-7-19(14-22)15-23(31)13-18/h1-5,16-24,26H,6-15H2/q-1. The van der Waals surface area contributed by atoms with Crippen molar-refractivity contribution in [3.8, 4) is 0 Å². The van der Waals surface area contributed by atoms with Gasteiger partial charge in [0, 0.05) is 30.0 Å². The molecular formula is C31H35O8-. The first-order chi connectivity index (χ1) is 18.8. The summed E-state index contributed by atoms with van der Waals surface area (Å²) in [5, 5.41) is 13.0. The zero-order chi connectivity index (χ0) is 26.5. The minimum atomic E-state index is -1.52. The lowest BCUT2D eigenvalue weighted by Crippen LogP contribution is -2.67. The largest absolute Gasteiger partial charge is 0.830 e. The minimum Gasteiger partial charge on any atom is -0.830 e. The van der Waals surface area contributed by atoms with Crippen LogP contribution in [0, 0.1) is 53.3 Å². The van der Waals surface area contributed by atoms with Crippen LogP contribution in [-0.4, -0.2) is 35.8 Å². The van der Waals surface area contributed by atoms with E-state index in [0.29, 0.717) is 23.7 Å². The average molecular weight is 536 g/mol. The molecule has 10 fully saturated rings. The molecule has 0 aromatic heterocycles. The molecule has 208 valence electrons. The SMILES string of the molecule is O=C1OC2(OC(=O)C1=CC=CC=CC1C(=O)OC3(OC1[O-])C1CC4CC(C1)CC3C4)C1CC3CC(C1)CC2C3. The van der Waals surface area contributed by atoms with E-state index < -0.39 is 41.7 Å². The van der Waals surface area contributed by atoms with Crippen molar-refractivity contribution in [3.63, 3.8) is 0 Å². The van der Waals surface area contributed by atoms with Crippen LogP contribution in [0.2, 0.25) is 0 Å². The molecule has 2 heterocycles. The number of hydrogen-bond acceptors (Lipinski definition) is 8. The van der Waals surface area contributed by atoms with E-state index in [1.165, 1.54) is 31.1 Å². The molecule has 8 heteroatoms. The Morgan fingerprint density at radius 1 is 0.615 bits per heavy atom. The first-order valence-corrected chi connectivity index (χ1v) is 14.9. The molecule has 0 radical (unpaired) electrons. The van der Waals surface area contributed by atoms with Crippen LogP contribution in [-0.2, 0) is 33.3 Å². The van der Waals surface area contributed by atoms with Gasteiger partial charge in [0.05, 0.1) is 5.92 Å². The van der Waals surface area contributed by atoms with E-state index in [2.05, 4.69) is 0 Å². The second kappa shape index (κ2) is 8.53. The van der Waals surface area contributed by atoms with Crippen LogP contribution in [0.1, 0.15) is 64.2 Å². The summed E-state index contributed by atoms with van der Waals surface area (Å²) in [6.07, 6.45) is 16.1. The molecule has 0 aromatic rings. The van der Waals surface area contributed by atoms with Gasteiger partial charge >= 0.3 is 17.9 Å². The molecule has 39 heavy (non-hydrogen) atoms. The van der Waals surface area contributed by atoms with Gasteiger partial charge in [0.15, 0.2) is 0 Å². The highest BCUT2D eigenvalue weighted by Crippen LogP contribution is 2.62. The van der Waals surface area contributed by atoms with Gasteiger partial charge in [-0.05, 0) is 94.0 Å². The zero-order valence-electron chi connectivity index (χ0n) is 22.0. The van der Waals surface area contributed by atoms with Gasteiger partial charge in [-0.3, -0.25) is 4.79 Å². The average Bonchev–Trinajstić information content (AvgIpc) is 2.87. The Labute approximate surface area is 227 Å². The molecule has 10 aliphatic rings. The van der Waals surface area contributed by atoms with E-state index in [1.807, 2.05) is 0 Å². The van der Waals surface area contributed by atoms with Crippen LogP contribution >= 0.6 is 0 Å². The summed E-state index contributed by atoms with van der Waals surface area (Å²) in [6, 6.07) is 0. The van der Waals surface area contributed by atoms with Gasteiger partial charge in [-0.1, -0.05) is 24.3 Å². The summed E-state index contributed by atoms with van der Waals surface area (Å²) in [5.41, 5.74) is -0.148. The molecule has 2 spiro atoms. The van der Waals surface area contributed by atoms with Crippen LogP contribution < -0.4 is 5.11 Å². The van der Waals surface area contributed by atoms with Crippen LogP contribution in [0.5, 0.6) is 0 Å². The van der Waals surface area contributed by atoms with Crippen molar-refractivity contribution in [2.45, 2.75) is 82.1 Å². The van der Waals surface area contributed by atoms with Crippen molar-refractivity contribution in [3.05, 3.63) is 36.0 Å². The molecule has 2 saturated heterocycles. The minimum absolute atomic E-state index is 0.0946. The van der Waals surface area contributed by atoms with Crippen molar-refractivity contribution < 1.29 is 38.4 Å². The summed E-state index contributed by atoms with van der Waals surface area (Å²) >= 11 is 0. The molecule has 8 bridgehead atoms. The highest BCUT2D eigenvalue weighted by Gasteiger charge is 2.65. The number of esters is 3. The van der Waals surface area contributed by atoms with Crippen LogP contribution in [0.3, 0.4) is 0 Å². The Balaban J connectivity index is 0.919. The van der Waals surface area contributed by atoms with Crippen molar-refractivity contribution >= 4 is 17.9 Å². The molecule has 0 N–H and O–H groups in total. The summed E-state index contributed by atoms with van der Waals surface area (Å²) in [4.78, 5) is 38.7. The van der Waals surface area contributed by atoms with Gasteiger partial charge in [-0.25, -0.2) is 9.59 Å². The Bertz CT molecular complexity index is 1120. The van der Waals surface area contributed by atoms with Crippen LogP contribution in [0.25, 0.3) is 0 Å². The smallest absolute Gasteiger partial charge is 0.348 e. The number of carbonyl (C=O) groups is 3. The van der Waals surface area contributed by atoms with Crippen LogP contribution in [0.15, 0.2) is 36.0 Å². The topological polar surface area (TPSA) is 111 Å². The number of hydrogen-bond donors (Lipinski definition) is 0. The Morgan fingerprint density at radius 2 is 1.10 bits per heavy atom. The lowest BCUT2D eigenvalue weighted by atomic mass is 9.53. The second-order valence-electron chi connectivity index (χ2n) is 13.6. The summed E-state index contributed by atoms with van der Waals surface area (Å²) < 4.78 is 23.7. The van der Waals surface area contributed by atoms with Gasteiger partial charge < -0.3 is 24.1 Å². The third kappa shape index (κ3) is 3.59. The third-order valence-electron chi connectivity index (χ3n) is 11.4. The predicted molar refractivity (Wildman–Crippen MR) is 133 cm³/mol. The molecule has 2 aliphatic heterocycles. The number of carbonyl (C=O) groups excluding carboxylic acids is 3. The van der Waals surface area contributed by atoms with E-state index >= 15 is 0 Å². The van der Waals surface area contributed by atoms with Gasteiger partial charge in [0.25, 0.3) is 5.79 Å². The van der Waals surface area contributed by atoms with Crippen LogP contribution in [0.4, 0.5) is 0 Å². The third-order valence-corrected chi connectivity index (χ3v) is 11.4. The normalized spacial score (nSPS) is 51.3. The molecular weight excluding hydrogens is 500 g/mol. The highest BCUT2D eigenvalue weighted by molar-refractivity contribution is 6.15. The fraction of sp³-hybridized carbons (Fsp3) is 0.710. The Morgan fingerprint density at radius 3 is 1.59 bits per heavy atom. The maximum atomic E-state index is 13.0. The van der Waals surface area contributed by atoms with E-state index in [4.69, 9.17) is 18.9 Å². The fourth-order valence-corrected chi connectivity index (χ4v) is 10.2. The van der Waals surface area contributed by atoms with Crippen molar-refractivity contribution in [2.75, 3.05) is 0 Å². The summed E-state index contributed by atoms with van der Waals surface area (Å²) in [5.74, 6) is -1.93. The molecule has 0 aromatic carbocycles. The molecule has 8 saturated carbocycles. The van der Waals surface area contributed by atoms with Gasteiger partial charge in [0.1, 0.15) is 5.57 Å². The second-order valence-corrected chi connectivity index (χ2v) is 13.6. The first kappa shape index (κ1) is 24.4. The van der Waals surface area contributed by atoms with E-state index in [1.54, 1.807) is 12.2 Å². The van der Waals surface area contributed by atoms with Crippen molar-refractivity contribution in [2.24, 2.45) is 53.3 Å². The van der Waals surface area contributed by atoms with Gasteiger partial charge in [-0.2, -0.15) is 0 Å². The lowest BCUT2D eigenvalue weighted by Gasteiger charge is -2.62. The molecule has 8 nitrogen and oxygen atoms in total. The molecule has 0 amide bonds. The van der Waals surface area contributed by atoms with Crippen molar-refractivity contribution in [1.82, 2.24) is 0 Å². The number of ether oxygens (including phenoxy) is 4. The zero-order valence-corrected chi connectivity index (χ0v) is 22.0. The maximum Gasteiger partial charge on any atom is 0.348 e. The fourth-order valence-electron chi connectivity index (χ4n) is 10.2. The summed E-state index contributed by atoms with van der Waals surface area (Å²) in [6.45, 7) is 0. The first-order valence-electron chi connectivity index (χ1n) is 14.9. The van der Waals surface area contributed by atoms with E-state index in [0.717, 1.165) is 51.4 Å². The van der Waals surface area contributed by atoms with E-state index in [9.17, 15) is 19.5 Å². The monoisotopic (exact) mass is 535 g/mol.